The molecule has 4 heterocycles. The van der Waals surface area contributed by atoms with Crippen LogP contribution in [0.25, 0.3) is 11.1 Å². The molecule has 3 aromatic heterocycles. The van der Waals surface area contributed by atoms with Crippen LogP contribution in [0.3, 0.4) is 0 Å². The Bertz CT molecular complexity index is 1690. The maximum absolute atomic E-state index is 13.2. The number of pyridine rings is 2. The summed E-state index contributed by atoms with van der Waals surface area (Å²) in [5.41, 5.74) is 0.199. The first kappa shape index (κ1) is 32.2. The first-order chi connectivity index (χ1) is 19.6. The monoisotopic (exact) mass is 652 g/mol. The van der Waals surface area contributed by atoms with Gasteiger partial charge in [0.15, 0.2) is 6.23 Å². The number of hydrogen-bond acceptors (Lipinski definition) is 13. The van der Waals surface area contributed by atoms with Crippen molar-refractivity contribution in [1.29, 1.82) is 0 Å². The van der Waals surface area contributed by atoms with Crippen molar-refractivity contribution in [3.63, 3.8) is 0 Å². The average molecular weight is 652 g/mol. The Morgan fingerprint density at radius 2 is 1.55 bits per heavy atom. The van der Waals surface area contributed by atoms with Crippen LogP contribution in [0.4, 0.5) is 0 Å². The van der Waals surface area contributed by atoms with Gasteiger partial charge in [-0.25, -0.2) is 18.5 Å². The van der Waals surface area contributed by atoms with E-state index in [-0.39, 0.29) is 6.54 Å². The normalized spacial score (nSPS) is 23.8. The smallest absolute Gasteiger partial charge is 0.387 e. The number of nitrogens with zero attached hydrogens (tertiary/aromatic N) is 4. The zero-order valence-electron chi connectivity index (χ0n) is 20.9. The fourth-order valence-corrected chi connectivity index (χ4v) is 6.92. The molecule has 22 heteroatoms. The second kappa shape index (κ2) is 12.5. The summed E-state index contributed by atoms with van der Waals surface area (Å²) in [6.45, 7) is -1.36. The van der Waals surface area contributed by atoms with Gasteiger partial charge >= 0.3 is 29.2 Å². The molecule has 1 fully saturated rings. The summed E-state index contributed by atoms with van der Waals surface area (Å²) in [5.74, 6) is 0. The zero-order valence-corrected chi connectivity index (χ0v) is 23.6. The van der Waals surface area contributed by atoms with Crippen molar-refractivity contribution >= 4 is 23.5 Å². The van der Waals surface area contributed by atoms with Crippen LogP contribution in [0.5, 0.6) is 0 Å². The van der Waals surface area contributed by atoms with Crippen LogP contribution in [0.1, 0.15) is 11.9 Å². The zero-order chi connectivity index (χ0) is 30.9. The number of hydrogen-bond donors (Lipinski definition) is 6. The molecule has 0 spiro atoms. The van der Waals surface area contributed by atoms with Gasteiger partial charge in [-0.05, 0) is 35.4 Å². The van der Waals surface area contributed by atoms with Crippen LogP contribution in [-0.2, 0) is 38.1 Å². The topological polar surface area (TPSA) is 279 Å². The second-order valence-corrected chi connectivity index (χ2v) is 13.1. The Hall–Kier alpha value is -2.73. The molecule has 42 heavy (non-hydrogen) atoms. The van der Waals surface area contributed by atoms with Gasteiger partial charge in [0.1, 0.15) is 18.3 Å². The lowest BCUT2D eigenvalue weighted by molar-refractivity contribution is -0.0547. The number of aliphatic hydroxyl groups excluding tert-OH is 2. The van der Waals surface area contributed by atoms with Gasteiger partial charge in [0.2, 0.25) is 0 Å². The highest BCUT2D eigenvalue weighted by molar-refractivity contribution is 7.66. The van der Waals surface area contributed by atoms with E-state index in [0.717, 1.165) is 32.5 Å². The first-order valence-electron chi connectivity index (χ1n) is 11.5. The summed E-state index contributed by atoms with van der Waals surface area (Å²) in [7, 11) is -17.0. The molecule has 1 saturated heterocycles. The Morgan fingerprint density at radius 1 is 0.881 bits per heavy atom. The van der Waals surface area contributed by atoms with Crippen LogP contribution >= 0.6 is 23.5 Å². The largest absolute Gasteiger partial charge is 0.490 e. The van der Waals surface area contributed by atoms with Crippen LogP contribution in [0, 0.1) is 0 Å². The molecule has 6 N–H and O–H groups in total. The molecule has 6 atom stereocenters. The Kier molecular flexibility index (Phi) is 9.56. The molecule has 0 bridgehead atoms. The summed E-state index contributed by atoms with van der Waals surface area (Å²) in [6, 6.07) is 7.88. The van der Waals surface area contributed by atoms with Crippen molar-refractivity contribution in [3.8, 4) is 11.1 Å². The first-order valence-corrected chi connectivity index (χ1v) is 16.0. The Morgan fingerprint density at radius 3 is 2.21 bits per heavy atom. The van der Waals surface area contributed by atoms with Gasteiger partial charge in [-0.3, -0.25) is 28.4 Å². The highest BCUT2D eigenvalue weighted by Gasteiger charge is 2.47. The molecule has 19 nitrogen and oxygen atoms in total. The van der Waals surface area contributed by atoms with Gasteiger partial charge in [0, 0.05) is 30.9 Å². The molecule has 0 radical (unpaired) electrons. The van der Waals surface area contributed by atoms with Crippen LogP contribution in [0.15, 0.2) is 64.7 Å². The fourth-order valence-electron chi connectivity index (χ4n) is 3.89. The molecular formula is C20H23N4O15P3. The standard InChI is InChI=1S/C20H23N4O15P3/c25-16-4-8-23(20(28)24(16)10-14-9-13(3-7-22-14)12-1-5-21-6-2-12)19-18(27)17(26)15(37-19)11-36-41(32,33)39-42(34,35)38-40(29,30)31/h1-9,15,17-19,26-27H,10-11H2,(H,32,33)(H,34,35)(H2,29,30,31)/t15-,17+,18?,19-/m1/s1. The van der Waals surface area contributed by atoms with E-state index in [0.29, 0.717) is 5.69 Å². The van der Waals surface area contributed by atoms with E-state index in [9.17, 15) is 43.3 Å². The fraction of sp³-hybridized carbons (Fsp3) is 0.300. The van der Waals surface area contributed by atoms with Gasteiger partial charge < -0.3 is 34.5 Å². The third-order valence-corrected chi connectivity index (χ3v) is 9.48. The molecule has 1 aliphatic heterocycles. The van der Waals surface area contributed by atoms with Gasteiger partial charge in [0.05, 0.1) is 18.8 Å². The maximum atomic E-state index is 13.2. The number of rotatable bonds is 11. The summed E-state index contributed by atoms with van der Waals surface area (Å²) in [5, 5.41) is 20.9. The van der Waals surface area contributed by atoms with Gasteiger partial charge in [-0.2, -0.15) is 8.62 Å². The van der Waals surface area contributed by atoms with E-state index in [4.69, 9.17) is 14.5 Å². The Labute approximate surface area is 234 Å². The quantitative estimate of drug-likeness (QED) is 0.142. The minimum Gasteiger partial charge on any atom is -0.387 e. The Balaban J connectivity index is 1.50. The van der Waals surface area contributed by atoms with Crippen molar-refractivity contribution in [3.05, 3.63) is 81.7 Å². The molecule has 228 valence electrons. The molecule has 3 aromatic rings. The van der Waals surface area contributed by atoms with Crippen molar-refractivity contribution in [1.82, 2.24) is 19.1 Å². The highest BCUT2D eigenvalue weighted by atomic mass is 31.3. The third-order valence-electron chi connectivity index (χ3n) is 5.68. The summed E-state index contributed by atoms with van der Waals surface area (Å²) >= 11 is 0. The predicted octanol–water partition coefficient (Wildman–Crippen LogP) is -0.522. The van der Waals surface area contributed by atoms with E-state index in [2.05, 4.69) is 23.1 Å². The number of phosphoric acid groups is 3. The van der Waals surface area contributed by atoms with Crippen LogP contribution < -0.4 is 11.2 Å². The molecule has 0 amide bonds. The predicted molar refractivity (Wildman–Crippen MR) is 137 cm³/mol. The number of aromatic nitrogens is 4. The van der Waals surface area contributed by atoms with Crippen LogP contribution in [-0.4, -0.2) is 73.8 Å². The average Bonchev–Trinajstić information content (AvgIpc) is 3.17. The second-order valence-electron chi connectivity index (χ2n) is 8.63. The van der Waals surface area contributed by atoms with Crippen molar-refractivity contribution in [2.75, 3.05) is 6.61 Å². The lowest BCUT2D eigenvalue weighted by atomic mass is 10.1. The molecular weight excluding hydrogens is 629 g/mol. The summed E-state index contributed by atoms with van der Waals surface area (Å²) in [6.07, 6.45) is -1.30. The maximum Gasteiger partial charge on any atom is 0.490 e. The lowest BCUT2D eigenvalue weighted by Crippen LogP contribution is -2.43. The van der Waals surface area contributed by atoms with Crippen molar-refractivity contribution in [2.45, 2.75) is 31.1 Å². The summed E-state index contributed by atoms with van der Waals surface area (Å²) in [4.78, 5) is 70.0. The van der Waals surface area contributed by atoms with Crippen molar-refractivity contribution in [2.24, 2.45) is 0 Å². The minimum absolute atomic E-state index is 0.279. The van der Waals surface area contributed by atoms with E-state index in [1.807, 2.05) is 0 Å². The van der Waals surface area contributed by atoms with Gasteiger partial charge in [-0.1, -0.05) is 0 Å². The highest BCUT2D eigenvalue weighted by Crippen LogP contribution is 2.66. The molecule has 1 aliphatic rings. The number of ether oxygens (including phenoxy) is 1. The molecule has 0 aromatic carbocycles. The number of aliphatic hydroxyl groups is 2. The van der Waals surface area contributed by atoms with E-state index >= 15 is 0 Å². The summed E-state index contributed by atoms with van der Waals surface area (Å²) < 4.78 is 52.8. The lowest BCUT2D eigenvalue weighted by Gasteiger charge is -2.19. The molecule has 4 rings (SSSR count). The molecule has 0 saturated carbocycles. The van der Waals surface area contributed by atoms with E-state index in [1.165, 1.54) is 6.20 Å². The van der Waals surface area contributed by atoms with Crippen LogP contribution in [0.2, 0.25) is 0 Å². The van der Waals surface area contributed by atoms with E-state index < -0.39 is 65.9 Å². The number of phosphoric ester groups is 1. The molecule has 0 aliphatic carbocycles. The molecule has 3 unspecified atom stereocenters. The van der Waals surface area contributed by atoms with Gasteiger partial charge in [-0.15, -0.1) is 0 Å². The van der Waals surface area contributed by atoms with E-state index in [1.54, 1.807) is 36.7 Å². The van der Waals surface area contributed by atoms with Crippen molar-refractivity contribution < 1.29 is 61.4 Å². The third kappa shape index (κ3) is 8.00. The SMILES string of the molecule is O=c1ccn([C@@H]2O[C@H](COP(=O)(O)OP(=O)(O)OP(=O)(O)O)[C@H](O)C2O)c(=O)n1Cc1cc(-c2ccncc2)ccn1. The minimum atomic E-state index is -5.79. The van der Waals surface area contributed by atoms with Gasteiger partial charge in [0.25, 0.3) is 5.56 Å².